The standard InChI is InChI=1S/C10H12ClN3OS/c1-7(4-8-2-3-16-6-8)12-10-14-13-9(5-11)15-10/h2-3,6-7H,4-5H2,1H3,(H,12,14). The first-order chi connectivity index (χ1) is 7.78. The summed E-state index contributed by atoms with van der Waals surface area (Å²) in [4.78, 5) is 0. The summed E-state index contributed by atoms with van der Waals surface area (Å²) in [7, 11) is 0. The van der Waals surface area contributed by atoms with Crippen LogP contribution in [0.15, 0.2) is 21.2 Å². The van der Waals surface area contributed by atoms with Gasteiger partial charge in [0.15, 0.2) is 0 Å². The third-order valence-electron chi connectivity index (χ3n) is 2.07. The van der Waals surface area contributed by atoms with Crippen molar-refractivity contribution in [1.29, 1.82) is 0 Å². The molecule has 0 aromatic carbocycles. The van der Waals surface area contributed by atoms with E-state index in [0.717, 1.165) is 6.42 Å². The van der Waals surface area contributed by atoms with Gasteiger partial charge in [-0.1, -0.05) is 5.10 Å². The highest BCUT2D eigenvalue weighted by Crippen LogP contribution is 2.13. The van der Waals surface area contributed by atoms with Gasteiger partial charge in [0.1, 0.15) is 5.88 Å². The van der Waals surface area contributed by atoms with Crippen molar-refractivity contribution in [3.8, 4) is 0 Å². The molecule has 2 aromatic heterocycles. The van der Waals surface area contributed by atoms with E-state index in [0.29, 0.717) is 11.9 Å². The van der Waals surface area contributed by atoms with Gasteiger partial charge in [-0.05, 0) is 35.7 Å². The lowest BCUT2D eigenvalue weighted by Crippen LogP contribution is -2.17. The maximum absolute atomic E-state index is 5.57. The van der Waals surface area contributed by atoms with E-state index in [9.17, 15) is 0 Å². The second kappa shape index (κ2) is 5.32. The number of hydrogen-bond acceptors (Lipinski definition) is 5. The molecule has 2 heterocycles. The lowest BCUT2D eigenvalue weighted by Gasteiger charge is -2.09. The molecule has 6 heteroatoms. The van der Waals surface area contributed by atoms with Crippen molar-refractivity contribution in [2.45, 2.75) is 25.3 Å². The van der Waals surface area contributed by atoms with E-state index in [4.69, 9.17) is 16.0 Å². The van der Waals surface area contributed by atoms with Gasteiger partial charge >= 0.3 is 6.01 Å². The van der Waals surface area contributed by atoms with Gasteiger partial charge in [-0.2, -0.15) is 11.3 Å². The number of rotatable bonds is 5. The van der Waals surface area contributed by atoms with Crippen molar-refractivity contribution in [1.82, 2.24) is 10.2 Å². The van der Waals surface area contributed by atoms with Crippen LogP contribution in [0.2, 0.25) is 0 Å². The molecule has 0 aliphatic rings. The molecule has 86 valence electrons. The highest BCUT2D eigenvalue weighted by atomic mass is 35.5. The van der Waals surface area contributed by atoms with Gasteiger partial charge in [-0.15, -0.1) is 16.7 Å². The highest BCUT2D eigenvalue weighted by Gasteiger charge is 2.09. The number of anilines is 1. The van der Waals surface area contributed by atoms with Crippen LogP contribution in [-0.2, 0) is 12.3 Å². The summed E-state index contributed by atoms with van der Waals surface area (Å²) < 4.78 is 5.26. The average molecular weight is 258 g/mol. The van der Waals surface area contributed by atoms with Gasteiger partial charge in [0, 0.05) is 6.04 Å². The lowest BCUT2D eigenvalue weighted by molar-refractivity contribution is 0.519. The molecule has 0 bridgehead atoms. The summed E-state index contributed by atoms with van der Waals surface area (Å²) in [5.41, 5.74) is 1.31. The Labute approximate surface area is 103 Å². The minimum absolute atomic E-state index is 0.244. The minimum atomic E-state index is 0.244. The average Bonchev–Trinajstić information content (AvgIpc) is 2.89. The van der Waals surface area contributed by atoms with Crippen LogP contribution < -0.4 is 5.32 Å². The van der Waals surface area contributed by atoms with E-state index in [-0.39, 0.29) is 11.9 Å². The Balaban J connectivity index is 1.89. The zero-order valence-corrected chi connectivity index (χ0v) is 10.4. The minimum Gasteiger partial charge on any atom is -0.407 e. The summed E-state index contributed by atoms with van der Waals surface area (Å²) >= 11 is 7.27. The van der Waals surface area contributed by atoms with Crippen molar-refractivity contribution in [2.75, 3.05) is 5.32 Å². The molecule has 0 aliphatic heterocycles. The molecule has 0 spiro atoms. The van der Waals surface area contributed by atoms with Crippen molar-refractivity contribution in [3.63, 3.8) is 0 Å². The fourth-order valence-electron chi connectivity index (χ4n) is 1.39. The summed E-state index contributed by atoms with van der Waals surface area (Å²) in [6.45, 7) is 2.07. The lowest BCUT2D eigenvalue weighted by atomic mass is 10.1. The molecule has 1 unspecified atom stereocenters. The largest absolute Gasteiger partial charge is 0.407 e. The van der Waals surface area contributed by atoms with E-state index in [2.05, 4.69) is 39.3 Å². The van der Waals surface area contributed by atoms with Crippen LogP contribution in [0.5, 0.6) is 0 Å². The number of nitrogens with one attached hydrogen (secondary N) is 1. The molecule has 0 amide bonds. The van der Waals surface area contributed by atoms with Crippen molar-refractivity contribution in [3.05, 3.63) is 28.3 Å². The second-order valence-electron chi connectivity index (χ2n) is 3.52. The van der Waals surface area contributed by atoms with E-state index < -0.39 is 0 Å². The monoisotopic (exact) mass is 257 g/mol. The van der Waals surface area contributed by atoms with Gasteiger partial charge < -0.3 is 9.73 Å². The number of nitrogens with zero attached hydrogens (tertiary/aromatic N) is 2. The number of aromatic nitrogens is 2. The predicted molar refractivity (Wildman–Crippen MR) is 65.0 cm³/mol. The van der Waals surface area contributed by atoms with Crippen LogP contribution >= 0.6 is 22.9 Å². The van der Waals surface area contributed by atoms with Crippen LogP contribution in [0.25, 0.3) is 0 Å². The Morgan fingerprint density at radius 1 is 1.56 bits per heavy atom. The molecule has 2 aromatic rings. The molecule has 0 saturated carbocycles. The normalized spacial score (nSPS) is 12.6. The number of hydrogen-bond donors (Lipinski definition) is 1. The van der Waals surface area contributed by atoms with Crippen LogP contribution in [0.1, 0.15) is 18.4 Å². The Morgan fingerprint density at radius 3 is 3.06 bits per heavy atom. The van der Waals surface area contributed by atoms with Crippen molar-refractivity contribution in [2.24, 2.45) is 0 Å². The third-order valence-corrected chi connectivity index (χ3v) is 3.03. The molecule has 1 atom stereocenters. The van der Waals surface area contributed by atoms with Crippen LogP contribution in [0, 0.1) is 0 Å². The summed E-state index contributed by atoms with van der Waals surface area (Å²) in [5, 5.41) is 15.0. The third kappa shape index (κ3) is 2.96. The van der Waals surface area contributed by atoms with Crippen molar-refractivity contribution < 1.29 is 4.42 Å². The SMILES string of the molecule is CC(Cc1ccsc1)Nc1nnc(CCl)o1. The molecule has 2 rings (SSSR count). The molecule has 0 saturated heterocycles. The number of thiophene rings is 1. The maximum atomic E-state index is 5.57. The first kappa shape index (κ1) is 11.4. The summed E-state index contributed by atoms with van der Waals surface area (Å²) in [5.74, 6) is 0.681. The molecule has 0 aliphatic carbocycles. The molecular weight excluding hydrogens is 246 g/mol. The fourth-order valence-corrected chi connectivity index (χ4v) is 2.18. The molecular formula is C10H12ClN3OS. The van der Waals surface area contributed by atoms with E-state index in [1.54, 1.807) is 11.3 Å². The van der Waals surface area contributed by atoms with Crippen LogP contribution in [0.3, 0.4) is 0 Å². The zero-order chi connectivity index (χ0) is 11.4. The number of halogens is 1. The van der Waals surface area contributed by atoms with E-state index >= 15 is 0 Å². The predicted octanol–water partition coefficient (Wildman–Crippen LogP) is 2.91. The topological polar surface area (TPSA) is 51.0 Å². The number of alkyl halides is 1. The Bertz CT molecular complexity index is 429. The molecule has 4 nitrogen and oxygen atoms in total. The van der Waals surface area contributed by atoms with Crippen molar-refractivity contribution >= 4 is 29.0 Å². The van der Waals surface area contributed by atoms with Gasteiger partial charge in [-0.25, -0.2) is 0 Å². The zero-order valence-electron chi connectivity index (χ0n) is 8.81. The molecule has 0 radical (unpaired) electrons. The Morgan fingerprint density at radius 2 is 2.44 bits per heavy atom. The fraction of sp³-hybridized carbons (Fsp3) is 0.400. The Hall–Kier alpha value is -1.07. The van der Waals surface area contributed by atoms with Gasteiger partial charge in [0.2, 0.25) is 5.89 Å². The van der Waals surface area contributed by atoms with Gasteiger partial charge in [0.25, 0.3) is 0 Å². The second-order valence-corrected chi connectivity index (χ2v) is 4.56. The Kier molecular flexibility index (Phi) is 3.79. The van der Waals surface area contributed by atoms with E-state index in [1.807, 2.05) is 0 Å². The van der Waals surface area contributed by atoms with Crippen LogP contribution in [0.4, 0.5) is 6.01 Å². The van der Waals surface area contributed by atoms with Gasteiger partial charge in [0.05, 0.1) is 0 Å². The highest BCUT2D eigenvalue weighted by molar-refractivity contribution is 7.07. The van der Waals surface area contributed by atoms with E-state index in [1.165, 1.54) is 5.56 Å². The van der Waals surface area contributed by atoms with Crippen LogP contribution in [-0.4, -0.2) is 16.2 Å². The quantitative estimate of drug-likeness (QED) is 0.837. The maximum Gasteiger partial charge on any atom is 0.315 e. The summed E-state index contributed by atoms with van der Waals surface area (Å²) in [6, 6.07) is 2.79. The van der Waals surface area contributed by atoms with Gasteiger partial charge in [-0.3, -0.25) is 0 Å². The first-order valence-corrected chi connectivity index (χ1v) is 6.41. The molecule has 16 heavy (non-hydrogen) atoms. The molecule has 0 fully saturated rings. The smallest absolute Gasteiger partial charge is 0.315 e. The summed E-state index contributed by atoms with van der Waals surface area (Å²) in [6.07, 6.45) is 0.933. The molecule has 1 N–H and O–H groups in total. The first-order valence-electron chi connectivity index (χ1n) is 4.94.